The van der Waals surface area contributed by atoms with Gasteiger partial charge in [0.2, 0.25) is 5.91 Å². The summed E-state index contributed by atoms with van der Waals surface area (Å²) >= 11 is 0. The van der Waals surface area contributed by atoms with Gasteiger partial charge in [-0.15, -0.1) is 0 Å². The summed E-state index contributed by atoms with van der Waals surface area (Å²) in [6.07, 6.45) is 3.34. The van der Waals surface area contributed by atoms with Gasteiger partial charge in [0.05, 0.1) is 0 Å². The van der Waals surface area contributed by atoms with E-state index in [0.29, 0.717) is 25.4 Å². The molecule has 0 spiro atoms. The molecule has 0 aromatic heterocycles. The molecule has 160 valence electrons. The van der Waals surface area contributed by atoms with Gasteiger partial charge in [-0.3, -0.25) is 4.79 Å². The standard InChI is InChI=1S/C24H32N4O2/c1-27(2)22-13-10-19(11-14-22)17-25-23(29)15-12-20-7-6-16-28(18-20)24(30)26-21-8-4-3-5-9-21/h3-5,8-11,13-14,20H,6-7,12,15-18H2,1-2H3,(H,25,29)(H,26,30)/t20-/m1/s1. The Morgan fingerprint density at radius 2 is 1.80 bits per heavy atom. The maximum atomic E-state index is 12.5. The molecule has 30 heavy (non-hydrogen) atoms. The highest BCUT2D eigenvalue weighted by atomic mass is 16.2. The van der Waals surface area contributed by atoms with Gasteiger partial charge in [-0.25, -0.2) is 4.79 Å². The first kappa shape index (κ1) is 21.7. The predicted molar refractivity (Wildman–Crippen MR) is 122 cm³/mol. The van der Waals surface area contributed by atoms with Crippen molar-refractivity contribution in [3.63, 3.8) is 0 Å². The van der Waals surface area contributed by atoms with Crippen LogP contribution in [-0.4, -0.2) is 44.0 Å². The number of hydrogen-bond acceptors (Lipinski definition) is 3. The molecule has 1 atom stereocenters. The summed E-state index contributed by atoms with van der Waals surface area (Å²) in [5.74, 6) is 0.433. The summed E-state index contributed by atoms with van der Waals surface area (Å²) in [4.78, 5) is 28.7. The van der Waals surface area contributed by atoms with Crippen molar-refractivity contribution in [2.45, 2.75) is 32.2 Å². The van der Waals surface area contributed by atoms with Gasteiger partial charge >= 0.3 is 6.03 Å². The van der Waals surface area contributed by atoms with Gasteiger partial charge in [-0.05, 0) is 55.0 Å². The van der Waals surface area contributed by atoms with E-state index in [1.807, 2.05) is 61.5 Å². The Labute approximate surface area is 179 Å². The zero-order valence-electron chi connectivity index (χ0n) is 17.9. The lowest BCUT2D eigenvalue weighted by Gasteiger charge is -2.32. The molecule has 0 saturated carbocycles. The van der Waals surface area contributed by atoms with Gasteiger partial charge in [-0.2, -0.15) is 0 Å². The van der Waals surface area contributed by atoms with Gasteiger partial charge in [0.1, 0.15) is 0 Å². The Kier molecular flexibility index (Phi) is 7.71. The number of amides is 3. The molecule has 3 amide bonds. The highest BCUT2D eigenvalue weighted by Gasteiger charge is 2.24. The van der Waals surface area contributed by atoms with E-state index in [9.17, 15) is 9.59 Å². The summed E-state index contributed by atoms with van der Waals surface area (Å²) in [6.45, 7) is 2.02. The van der Waals surface area contributed by atoms with Crippen LogP contribution in [0.2, 0.25) is 0 Å². The van der Waals surface area contributed by atoms with Crippen LogP contribution in [0.15, 0.2) is 54.6 Å². The van der Waals surface area contributed by atoms with Gasteiger partial charge in [0, 0.05) is 51.5 Å². The van der Waals surface area contributed by atoms with Gasteiger partial charge in [-0.1, -0.05) is 30.3 Å². The van der Waals surface area contributed by atoms with Crippen molar-refractivity contribution in [1.82, 2.24) is 10.2 Å². The average Bonchev–Trinajstić information content (AvgIpc) is 2.77. The van der Waals surface area contributed by atoms with E-state index < -0.39 is 0 Å². The monoisotopic (exact) mass is 408 g/mol. The van der Waals surface area contributed by atoms with Crippen LogP contribution in [0.4, 0.5) is 16.2 Å². The predicted octanol–water partition coefficient (Wildman–Crippen LogP) is 4.09. The first-order valence-electron chi connectivity index (χ1n) is 10.6. The minimum Gasteiger partial charge on any atom is -0.378 e. The summed E-state index contributed by atoms with van der Waals surface area (Å²) in [7, 11) is 4.02. The molecule has 2 aromatic carbocycles. The van der Waals surface area contributed by atoms with Gasteiger partial charge in [0.25, 0.3) is 0 Å². The molecule has 0 unspecified atom stereocenters. The van der Waals surface area contributed by atoms with Crippen LogP contribution in [0.5, 0.6) is 0 Å². The van der Waals surface area contributed by atoms with Crippen LogP contribution in [-0.2, 0) is 11.3 Å². The maximum absolute atomic E-state index is 12.5. The number of nitrogens with zero attached hydrogens (tertiary/aromatic N) is 2. The minimum absolute atomic E-state index is 0.0588. The Morgan fingerprint density at radius 1 is 1.07 bits per heavy atom. The Hall–Kier alpha value is -3.02. The lowest BCUT2D eigenvalue weighted by molar-refractivity contribution is -0.121. The quantitative estimate of drug-likeness (QED) is 0.725. The first-order chi connectivity index (χ1) is 14.5. The van der Waals surface area contributed by atoms with Crippen LogP contribution in [0, 0.1) is 5.92 Å². The van der Waals surface area contributed by atoms with Crippen LogP contribution >= 0.6 is 0 Å². The number of benzene rings is 2. The molecule has 0 radical (unpaired) electrons. The fraction of sp³-hybridized carbons (Fsp3) is 0.417. The van der Waals surface area contributed by atoms with E-state index >= 15 is 0 Å². The summed E-state index contributed by atoms with van der Waals surface area (Å²) in [5.41, 5.74) is 3.04. The van der Waals surface area contributed by atoms with Crippen molar-refractivity contribution in [2.24, 2.45) is 5.92 Å². The van der Waals surface area contributed by atoms with Crippen LogP contribution in [0.25, 0.3) is 0 Å². The topological polar surface area (TPSA) is 64.7 Å². The van der Waals surface area contributed by atoms with Crippen molar-refractivity contribution < 1.29 is 9.59 Å². The number of para-hydroxylation sites is 1. The van der Waals surface area contributed by atoms with Crippen LogP contribution in [0.1, 0.15) is 31.2 Å². The number of urea groups is 1. The fourth-order valence-electron chi connectivity index (χ4n) is 3.75. The lowest BCUT2D eigenvalue weighted by atomic mass is 9.93. The second-order valence-corrected chi connectivity index (χ2v) is 8.13. The van der Waals surface area contributed by atoms with Crippen LogP contribution < -0.4 is 15.5 Å². The molecule has 1 aliphatic heterocycles. The summed E-state index contributed by atoms with van der Waals surface area (Å²) < 4.78 is 0. The number of carbonyl (C=O) groups excluding carboxylic acids is 2. The van der Waals surface area contributed by atoms with Crippen molar-refractivity contribution in [3.8, 4) is 0 Å². The number of carbonyl (C=O) groups is 2. The fourth-order valence-corrected chi connectivity index (χ4v) is 3.75. The Bertz CT molecular complexity index is 821. The van der Waals surface area contributed by atoms with E-state index in [0.717, 1.165) is 42.7 Å². The number of hydrogen-bond donors (Lipinski definition) is 2. The molecule has 6 heteroatoms. The van der Waals surface area contributed by atoms with Crippen molar-refractivity contribution in [3.05, 3.63) is 60.2 Å². The zero-order valence-corrected chi connectivity index (χ0v) is 17.9. The van der Waals surface area contributed by atoms with E-state index in [1.165, 1.54) is 0 Å². The second kappa shape index (κ2) is 10.7. The lowest BCUT2D eigenvalue weighted by Crippen LogP contribution is -2.42. The molecular weight excluding hydrogens is 376 g/mol. The summed E-state index contributed by atoms with van der Waals surface area (Å²) in [6, 6.07) is 17.6. The molecule has 0 aliphatic carbocycles. The van der Waals surface area contributed by atoms with E-state index in [1.54, 1.807) is 0 Å². The molecule has 1 saturated heterocycles. The molecule has 1 aliphatic rings. The first-order valence-corrected chi connectivity index (χ1v) is 10.6. The molecule has 3 rings (SSSR count). The highest BCUT2D eigenvalue weighted by Crippen LogP contribution is 2.22. The number of nitrogens with one attached hydrogen (secondary N) is 2. The summed E-state index contributed by atoms with van der Waals surface area (Å²) in [5, 5.41) is 5.96. The normalized spacial score (nSPS) is 16.1. The highest BCUT2D eigenvalue weighted by molar-refractivity contribution is 5.89. The van der Waals surface area contributed by atoms with E-state index in [-0.39, 0.29) is 11.9 Å². The average molecular weight is 409 g/mol. The number of likely N-dealkylation sites (tertiary alicyclic amines) is 1. The van der Waals surface area contributed by atoms with Crippen molar-refractivity contribution in [2.75, 3.05) is 37.4 Å². The van der Waals surface area contributed by atoms with Crippen molar-refractivity contribution >= 4 is 23.3 Å². The van der Waals surface area contributed by atoms with Gasteiger partial charge < -0.3 is 20.4 Å². The molecule has 1 fully saturated rings. The number of rotatable bonds is 7. The van der Waals surface area contributed by atoms with Gasteiger partial charge in [0.15, 0.2) is 0 Å². The number of anilines is 2. The smallest absolute Gasteiger partial charge is 0.321 e. The molecule has 2 N–H and O–H groups in total. The van der Waals surface area contributed by atoms with Crippen molar-refractivity contribution in [1.29, 1.82) is 0 Å². The zero-order chi connectivity index (χ0) is 21.3. The minimum atomic E-state index is -0.0588. The largest absolute Gasteiger partial charge is 0.378 e. The molecule has 0 bridgehead atoms. The maximum Gasteiger partial charge on any atom is 0.321 e. The Balaban J connectivity index is 1.39. The third-order valence-corrected chi connectivity index (χ3v) is 5.55. The molecule has 2 aromatic rings. The molecule has 1 heterocycles. The second-order valence-electron chi connectivity index (χ2n) is 8.13. The third-order valence-electron chi connectivity index (χ3n) is 5.55. The number of piperidine rings is 1. The van der Waals surface area contributed by atoms with E-state index in [4.69, 9.17) is 0 Å². The third kappa shape index (κ3) is 6.51. The van der Waals surface area contributed by atoms with E-state index in [2.05, 4.69) is 27.7 Å². The molecule has 6 nitrogen and oxygen atoms in total. The van der Waals surface area contributed by atoms with Crippen LogP contribution in [0.3, 0.4) is 0 Å². The Morgan fingerprint density at radius 3 is 2.50 bits per heavy atom. The molecular formula is C24H32N4O2. The SMILES string of the molecule is CN(C)c1ccc(CNC(=O)CC[C@H]2CCCN(C(=O)Nc3ccccc3)C2)cc1.